The molecular weight excluding hydrogens is 193 g/mol. The van der Waals surface area contributed by atoms with E-state index in [-0.39, 0.29) is 5.56 Å². The van der Waals surface area contributed by atoms with Crippen molar-refractivity contribution in [1.82, 2.24) is 10.2 Å². The smallest absolute Gasteiger partial charge is 0.150 e. The average molecular weight is 201 g/mol. The molecular formula is C11H8FN3. The van der Waals surface area contributed by atoms with Gasteiger partial charge in [-0.3, -0.25) is 5.10 Å². The maximum Gasteiger partial charge on any atom is 0.150 e. The third kappa shape index (κ3) is 1.48. The van der Waals surface area contributed by atoms with Gasteiger partial charge in [0.25, 0.3) is 0 Å². The second-order valence-corrected chi connectivity index (χ2v) is 3.21. The molecule has 4 heteroatoms. The number of hydrogen-bond acceptors (Lipinski definition) is 2. The van der Waals surface area contributed by atoms with Crippen LogP contribution in [0.2, 0.25) is 0 Å². The van der Waals surface area contributed by atoms with Crippen molar-refractivity contribution in [3.63, 3.8) is 0 Å². The van der Waals surface area contributed by atoms with Crippen LogP contribution in [0, 0.1) is 24.1 Å². The van der Waals surface area contributed by atoms with Gasteiger partial charge in [-0.05, 0) is 24.6 Å². The Kier molecular flexibility index (Phi) is 2.22. The van der Waals surface area contributed by atoms with E-state index in [4.69, 9.17) is 5.26 Å². The average Bonchev–Trinajstić information content (AvgIpc) is 2.65. The van der Waals surface area contributed by atoms with E-state index in [1.807, 2.05) is 13.0 Å². The number of nitrogens with one attached hydrogen (secondary N) is 1. The van der Waals surface area contributed by atoms with Crippen molar-refractivity contribution in [2.75, 3.05) is 0 Å². The highest BCUT2D eigenvalue weighted by Crippen LogP contribution is 2.25. The summed E-state index contributed by atoms with van der Waals surface area (Å²) in [6.45, 7) is 1.83. The molecule has 2 aromatic rings. The van der Waals surface area contributed by atoms with Gasteiger partial charge in [0.15, 0.2) is 0 Å². The molecule has 0 fully saturated rings. The summed E-state index contributed by atoms with van der Waals surface area (Å²) >= 11 is 0. The van der Waals surface area contributed by atoms with E-state index in [1.54, 1.807) is 18.3 Å². The van der Waals surface area contributed by atoms with Gasteiger partial charge >= 0.3 is 0 Å². The molecule has 1 N–H and O–H groups in total. The topological polar surface area (TPSA) is 52.5 Å². The third-order valence-electron chi connectivity index (χ3n) is 2.22. The van der Waals surface area contributed by atoms with Gasteiger partial charge in [-0.1, -0.05) is 6.07 Å². The molecule has 0 amide bonds. The number of halogens is 1. The van der Waals surface area contributed by atoms with Crippen LogP contribution in [0.5, 0.6) is 0 Å². The van der Waals surface area contributed by atoms with Gasteiger partial charge in [0.1, 0.15) is 11.9 Å². The molecule has 0 aliphatic heterocycles. The van der Waals surface area contributed by atoms with Crippen LogP contribution in [0.15, 0.2) is 24.4 Å². The predicted octanol–water partition coefficient (Wildman–Crippen LogP) is 2.40. The van der Waals surface area contributed by atoms with Crippen LogP contribution in [0.1, 0.15) is 11.1 Å². The van der Waals surface area contributed by atoms with Crippen molar-refractivity contribution < 1.29 is 4.39 Å². The van der Waals surface area contributed by atoms with Crippen molar-refractivity contribution in [3.05, 3.63) is 41.3 Å². The number of nitrogens with zero attached hydrogens (tertiary/aromatic N) is 2. The van der Waals surface area contributed by atoms with Gasteiger partial charge in [0, 0.05) is 5.56 Å². The molecule has 1 aromatic heterocycles. The first kappa shape index (κ1) is 9.41. The molecule has 0 saturated carbocycles. The van der Waals surface area contributed by atoms with E-state index in [9.17, 15) is 4.39 Å². The van der Waals surface area contributed by atoms with Gasteiger partial charge in [0.2, 0.25) is 0 Å². The highest BCUT2D eigenvalue weighted by molar-refractivity contribution is 5.65. The summed E-state index contributed by atoms with van der Waals surface area (Å²) in [5.74, 6) is -0.507. The number of hydrogen-bond donors (Lipinski definition) is 1. The number of H-pyrrole nitrogens is 1. The Balaban J connectivity index is 2.65. The lowest BCUT2D eigenvalue weighted by atomic mass is 10.1. The van der Waals surface area contributed by atoms with Crippen LogP contribution in [-0.4, -0.2) is 10.2 Å². The van der Waals surface area contributed by atoms with Crippen LogP contribution >= 0.6 is 0 Å². The first-order valence-electron chi connectivity index (χ1n) is 4.43. The third-order valence-corrected chi connectivity index (χ3v) is 2.22. The molecule has 0 bridgehead atoms. The Hall–Kier alpha value is -2.15. The van der Waals surface area contributed by atoms with Crippen LogP contribution in [0.4, 0.5) is 4.39 Å². The van der Waals surface area contributed by atoms with E-state index < -0.39 is 5.82 Å². The molecule has 15 heavy (non-hydrogen) atoms. The molecule has 0 saturated heterocycles. The SMILES string of the molecule is Cc1cn[nH]c1-c1cccc(C#N)c1F. The van der Waals surface area contributed by atoms with Crippen molar-refractivity contribution in [1.29, 1.82) is 5.26 Å². The zero-order valence-corrected chi connectivity index (χ0v) is 8.08. The van der Waals surface area contributed by atoms with Crippen LogP contribution in [-0.2, 0) is 0 Å². The fraction of sp³-hybridized carbons (Fsp3) is 0.0909. The molecule has 0 spiro atoms. The lowest BCUT2D eigenvalue weighted by Gasteiger charge is -2.02. The van der Waals surface area contributed by atoms with E-state index in [0.717, 1.165) is 5.56 Å². The predicted molar refractivity (Wildman–Crippen MR) is 53.4 cm³/mol. The minimum Gasteiger partial charge on any atom is -0.277 e. The van der Waals surface area contributed by atoms with Crippen LogP contribution < -0.4 is 0 Å². The van der Waals surface area contributed by atoms with Gasteiger partial charge in [-0.25, -0.2) is 4.39 Å². The lowest BCUT2D eigenvalue weighted by molar-refractivity contribution is 0.626. The summed E-state index contributed by atoms with van der Waals surface area (Å²) in [6.07, 6.45) is 1.62. The van der Waals surface area contributed by atoms with Crippen molar-refractivity contribution in [2.24, 2.45) is 0 Å². The molecule has 0 aliphatic rings. The molecule has 0 unspecified atom stereocenters. The summed E-state index contributed by atoms with van der Waals surface area (Å²) in [5.41, 5.74) is 1.89. The molecule has 0 aliphatic carbocycles. The quantitative estimate of drug-likeness (QED) is 0.770. The fourth-order valence-corrected chi connectivity index (χ4v) is 1.43. The first-order chi connectivity index (χ1) is 7.24. The summed E-state index contributed by atoms with van der Waals surface area (Å²) in [5, 5.41) is 15.2. The van der Waals surface area contributed by atoms with Gasteiger partial charge < -0.3 is 0 Å². The minimum atomic E-state index is -0.507. The number of benzene rings is 1. The Morgan fingerprint density at radius 1 is 1.47 bits per heavy atom. The first-order valence-corrected chi connectivity index (χ1v) is 4.43. The van der Waals surface area contributed by atoms with Gasteiger partial charge in [0.05, 0.1) is 17.5 Å². The summed E-state index contributed by atoms with van der Waals surface area (Å²) in [4.78, 5) is 0. The minimum absolute atomic E-state index is 0.0431. The summed E-state index contributed by atoms with van der Waals surface area (Å²) in [7, 11) is 0. The second-order valence-electron chi connectivity index (χ2n) is 3.21. The molecule has 2 rings (SSSR count). The number of nitriles is 1. The maximum absolute atomic E-state index is 13.7. The monoisotopic (exact) mass is 201 g/mol. The summed E-state index contributed by atoms with van der Waals surface area (Å²) < 4.78 is 13.7. The highest BCUT2D eigenvalue weighted by Gasteiger charge is 2.12. The van der Waals surface area contributed by atoms with E-state index >= 15 is 0 Å². The molecule has 1 aromatic carbocycles. The summed E-state index contributed by atoms with van der Waals surface area (Å²) in [6, 6.07) is 6.53. The number of aromatic nitrogens is 2. The van der Waals surface area contributed by atoms with Gasteiger partial charge in [-0.15, -0.1) is 0 Å². The number of aromatic amines is 1. The lowest BCUT2D eigenvalue weighted by Crippen LogP contribution is -1.90. The molecule has 0 radical (unpaired) electrons. The fourth-order valence-electron chi connectivity index (χ4n) is 1.43. The van der Waals surface area contributed by atoms with Crippen LogP contribution in [0.25, 0.3) is 11.3 Å². The van der Waals surface area contributed by atoms with Crippen molar-refractivity contribution in [3.8, 4) is 17.3 Å². The second kappa shape index (κ2) is 3.54. The standard InChI is InChI=1S/C11H8FN3/c1-7-6-14-15-11(7)9-4-2-3-8(5-13)10(9)12/h2-4,6H,1H3,(H,14,15). The van der Waals surface area contributed by atoms with E-state index in [1.165, 1.54) is 6.07 Å². The Labute approximate surface area is 86.2 Å². The van der Waals surface area contributed by atoms with Crippen LogP contribution in [0.3, 0.4) is 0 Å². The van der Waals surface area contributed by atoms with E-state index in [2.05, 4.69) is 10.2 Å². The number of aryl methyl sites for hydroxylation is 1. The van der Waals surface area contributed by atoms with E-state index in [0.29, 0.717) is 11.3 Å². The Morgan fingerprint density at radius 3 is 2.87 bits per heavy atom. The molecule has 3 nitrogen and oxygen atoms in total. The Bertz CT molecular complexity index is 537. The molecule has 74 valence electrons. The molecule has 1 heterocycles. The largest absolute Gasteiger partial charge is 0.277 e. The zero-order valence-electron chi connectivity index (χ0n) is 8.08. The normalized spacial score (nSPS) is 9.93. The van der Waals surface area contributed by atoms with Crippen molar-refractivity contribution in [2.45, 2.75) is 6.92 Å². The van der Waals surface area contributed by atoms with Crippen molar-refractivity contribution >= 4 is 0 Å². The number of rotatable bonds is 1. The van der Waals surface area contributed by atoms with Gasteiger partial charge in [-0.2, -0.15) is 10.4 Å². The molecule has 0 atom stereocenters. The Morgan fingerprint density at radius 2 is 2.27 bits per heavy atom. The maximum atomic E-state index is 13.7. The highest BCUT2D eigenvalue weighted by atomic mass is 19.1. The zero-order chi connectivity index (χ0) is 10.8.